The molecule has 1 rings (SSSR count). The quantitative estimate of drug-likeness (QED) is 0.703. The van der Waals surface area contributed by atoms with Gasteiger partial charge in [-0.25, -0.2) is 0 Å². The van der Waals surface area contributed by atoms with Crippen molar-refractivity contribution in [2.75, 3.05) is 19.7 Å². The maximum atomic E-state index is 12.3. The molecule has 19 heavy (non-hydrogen) atoms. The van der Waals surface area contributed by atoms with E-state index in [1.165, 1.54) is 0 Å². The molecule has 3 N–H and O–H groups in total. The van der Waals surface area contributed by atoms with Gasteiger partial charge in [0.25, 0.3) is 5.91 Å². The molecule has 0 unspecified atom stereocenters. The zero-order valence-corrected chi connectivity index (χ0v) is 11.6. The van der Waals surface area contributed by atoms with E-state index >= 15 is 0 Å². The molecular weight excluding hydrogens is 240 g/mol. The molecule has 0 spiro atoms. The molecule has 0 radical (unpaired) electrons. The largest absolute Gasteiger partial charge is 0.395 e. The summed E-state index contributed by atoms with van der Waals surface area (Å²) < 4.78 is 0. The number of amides is 1. The molecule has 0 aromatic heterocycles. The van der Waals surface area contributed by atoms with E-state index in [1.807, 2.05) is 12.1 Å². The van der Waals surface area contributed by atoms with Crippen molar-refractivity contribution in [1.82, 2.24) is 4.90 Å². The predicted octanol–water partition coefficient (Wildman–Crippen LogP) is 1.77. The minimum atomic E-state index is -0.0197. The lowest BCUT2D eigenvalue weighted by Gasteiger charge is -2.21. The molecule has 1 aromatic rings. The first-order chi connectivity index (χ1) is 9.22. The summed E-state index contributed by atoms with van der Waals surface area (Å²) in [6.45, 7) is 3.70. The van der Waals surface area contributed by atoms with Gasteiger partial charge in [0, 0.05) is 25.2 Å². The van der Waals surface area contributed by atoms with Gasteiger partial charge in [-0.3, -0.25) is 4.79 Å². The third-order valence-corrected chi connectivity index (χ3v) is 3.13. The zero-order valence-electron chi connectivity index (χ0n) is 11.6. The van der Waals surface area contributed by atoms with E-state index in [4.69, 9.17) is 10.8 Å². The number of hydrogen-bond donors (Lipinski definition) is 2. The van der Waals surface area contributed by atoms with Crippen molar-refractivity contribution in [3.8, 4) is 0 Å². The first kappa shape index (κ1) is 15.7. The Balaban J connectivity index is 2.68. The summed E-state index contributed by atoms with van der Waals surface area (Å²) in [6, 6.07) is 7.34. The number of carbonyl (C=O) groups excluding carboxylic acids is 1. The van der Waals surface area contributed by atoms with Crippen LogP contribution in [0.1, 0.15) is 42.1 Å². The summed E-state index contributed by atoms with van der Waals surface area (Å²) in [5, 5.41) is 9.06. The van der Waals surface area contributed by atoms with Gasteiger partial charge in [0.1, 0.15) is 0 Å². The Morgan fingerprint density at radius 1 is 1.21 bits per heavy atom. The van der Waals surface area contributed by atoms with E-state index in [0.717, 1.165) is 24.8 Å². The van der Waals surface area contributed by atoms with Crippen molar-refractivity contribution in [2.45, 2.75) is 32.7 Å². The van der Waals surface area contributed by atoms with E-state index in [1.54, 1.807) is 17.0 Å². The second-order valence-electron chi connectivity index (χ2n) is 4.62. The average molecular weight is 264 g/mol. The Morgan fingerprint density at radius 3 is 2.42 bits per heavy atom. The minimum absolute atomic E-state index is 0.00124. The smallest absolute Gasteiger partial charge is 0.253 e. The number of aliphatic hydroxyl groups is 1. The van der Waals surface area contributed by atoms with Crippen LogP contribution in [0.25, 0.3) is 0 Å². The Morgan fingerprint density at radius 2 is 1.89 bits per heavy atom. The van der Waals surface area contributed by atoms with Gasteiger partial charge in [0.2, 0.25) is 0 Å². The number of rotatable bonds is 8. The predicted molar refractivity (Wildman–Crippen MR) is 76.8 cm³/mol. The van der Waals surface area contributed by atoms with Crippen LogP contribution in [0.3, 0.4) is 0 Å². The number of hydrogen-bond acceptors (Lipinski definition) is 3. The van der Waals surface area contributed by atoms with Crippen LogP contribution in [0.15, 0.2) is 24.3 Å². The molecule has 4 heteroatoms. The fourth-order valence-electron chi connectivity index (χ4n) is 1.95. The van der Waals surface area contributed by atoms with Crippen molar-refractivity contribution in [3.63, 3.8) is 0 Å². The van der Waals surface area contributed by atoms with E-state index in [9.17, 15) is 4.79 Å². The van der Waals surface area contributed by atoms with Crippen LogP contribution in [0.4, 0.5) is 0 Å². The normalized spacial score (nSPS) is 10.5. The Hall–Kier alpha value is -1.39. The molecule has 0 aliphatic heterocycles. The van der Waals surface area contributed by atoms with Crippen molar-refractivity contribution >= 4 is 5.91 Å². The first-order valence-electron chi connectivity index (χ1n) is 6.92. The molecule has 0 bridgehead atoms. The maximum Gasteiger partial charge on any atom is 0.253 e. The van der Waals surface area contributed by atoms with Gasteiger partial charge < -0.3 is 15.7 Å². The van der Waals surface area contributed by atoms with Gasteiger partial charge in [0.05, 0.1) is 6.61 Å². The number of aliphatic hydroxyl groups excluding tert-OH is 1. The summed E-state index contributed by atoms with van der Waals surface area (Å²) in [6.07, 6.45) is 3.19. The molecular formula is C15H24N2O2. The molecule has 0 aliphatic rings. The fraction of sp³-hybridized carbons (Fsp3) is 0.533. The van der Waals surface area contributed by atoms with Crippen LogP contribution in [-0.2, 0) is 6.54 Å². The van der Waals surface area contributed by atoms with Crippen LogP contribution in [0, 0.1) is 0 Å². The van der Waals surface area contributed by atoms with Crippen molar-refractivity contribution in [1.29, 1.82) is 0 Å². The molecule has 4 nitrogen and oxygen atoms in total. The Bertz CT molecular complexity index is 376. The highest BCUT2D eigenvalue weighted by Gasteiger charge is 2.14. The number of nitrogens with zero attached hydrogens (tertiary/aromatic N) is 1. The minimum Gasteiger partial charge on any atom is -0.395 e. The van der Waals surface area contributed by atoms with Gasteiger partial charge in [-0.05, 0) is 24.1 Å². The van der Waals surface area contributed by atoms with Crippen LogP contribution in [0.2, 0.25) is 0 Å². The van der Waals surface area contributed by atoms with Gasteiger partial charge >= 0.3 is 0 Å². The third-order valence-electron chi connectivity index (χ3n) is 3.13. The maximum absolute atomic E-state index is 12.3. The first-order valence-corrected chi connectivity index (χ1v) is 6.92. The standard InChI is InChI=1S/C15H24N2O2/c1-2-3-4-9-17(10-11-18)15(19)14-7-5-13(12-16)6-8-14/h5-8,18H,2-4,9-12,16H2,1H3. The monoisotopic (exact) mass is 264 g/mol. The molecule has 0 saturated heterocycles. The highest BCUT2D eigenvalue weighted by Crippen LogP contribution is 2.09. The number of benzene rings is 1. The lowest BCUT2D eigenvalue weighted by Crippen LogP contribution is -2.34. The summed E-state index contributed by atoms with van der Waals surface area (Å²) in [5.41, 5.74) is 7.20. The Labute approximate surface area is 115 Å². The Kier molecular flexibility index (Phi) is 7.15. The van der Waals surface area contributed by atoms with Crippen molar-refractivity contribution < 1.29 is 9.90 Å². The average Bonchev–Trinajstić information content (AvgIpc) is 2.46. The van der Waals surface area contributed by atoms with Gasteiger partial charge in [-0.2, -0.15) is 0 Å². The second kappa shape index (κ2) is 8.67. The summed E-state index contributed by atoms with van der Waals surface area (Å²) >= 11 is 0. The highest BCUT2D eigenvalue weighted by molar-refractivity contribution is 5.94. The topological polar surface area (TPSA) is 66.6 Å². The van der Waals surface area contributed by atoms with Crippen LogP contribution in [-0.4, -0.2) is 35.6 Å². The molecule has 0 fully saturated rings. The highest BCUT2D eigenvalue weighted by atomic mass is 16.3. The lowest BCUT2D eigenvalue weighted by molar-refractivity contribution is 0.0718. The summed E-state index contributed by atoms with van der Waals surface area (Å²) in [4.78, 5) is 14.0. The van der Waals surface area contributed by atoms with E-state index in [0.29, 0.717) is 25.2 Å². The van der Waals surface area contributed by atoms with Crippen LogP contribution in [0.5, 0.6) is 0 Å². The molecule has 1 aromatic carbocycles. The van der Waals surface area contributed by atoms with E-state index in [2.05, 4.69) is 6.92 Å². The SMILES string of the molecule is CCCCCN(CCO)C(=O)c1ccc(CN)cc1. The van der Waals surface area contributed by atoms with E-state index < -0.39 is 0 Å². The molecule has 0 heterocycles. The van der Waals surface area contributed by atoms with Crippen molar-refractivity contribution in [2.24, 2.45) is 5.73 Å². The second-order valence-corrected chi connectivity index (χ2v) is 4.62. The number of unbranched alkanes of at least 4 members (excludes halogenated alkanes) is 2. The molecule has 106 valence electrons. The molecule has 0 aliphatic carbocycles. The lowest BCUT2D eigenvalue weighted by atomic mass is 10.1. The van der Waals surface area contributed by atoms with Gasteiger partial charge in [-0.15, -0.1) is 0 Å². The fourth-order valence-corrected chi connectivity index (χ4v) is 1.95. The number of carbonyl (C=O) groups is 1. The summed E-state index contributed by atoms with van der Waals surface area (Å²) in [5.74, 6) is -0.0197. The van der Waals surface area contributed by atoms with Gasteiger partial charge in [-0.1, -0.05) is 31.9 Å². The van der Waals surface area contributed by atoms with Crippen LogP contribution < -0.4 is 5.73 Å². The molecule has 1 amide bonds. The summed E-state index contributed by atoms with van der Waals surface area (Å²) in [7, 11) is 0. The van der Waals surface area contributed by atoms with Gasteiger partial charge in [0.15, 0.2) is 0 Å². The van der Waals surface area contributed by atoms with Crippen molar-refractivity contribution in [3.05, 3.63) is 35.4 Å². The number of nitrogens with two attached hydrogens (primary N) is 1. The zero-order chi connectivity index (χ0) is 14.1. The third kappa shape index (κ3) is 5.01. The van der Waals surface area contributed by atoms with Crippen LogP contribution >= 0.6 is 0 Å². The van der Waals surface area contributed by atoms with E-state index in [-0.39, 0.29) is 12.5 Å². The molecule has 0 saturated carbocycles. The molecule has 0 atom stereocenters.